The van der Waals surface area contributed by atoms with Gasteiger partial charge in [-0.1, -0.05) is 36.4 Å². The van der Waals surface area contributed by atoms with Crippen LogP contribution in [0.5, 0.6) is 11.5 Å². The molecule has 0 aliphatic carbocycles. The summed E-state index contributed by atoms with van der Waals surface area (Å²) in [4.78, 5) is 15.1. The van der Waals surface area contributed by atoms with Gasteiger partial charge in [0.15, 0.2) is 11.5 Å². The smallest absolute Gasteiger partial charge is 0.259 e. The highest BCUT2D eigenvalue weighted by molar-refractivity contribution is 6.06. The lowest BCUT2D eigenvalue weighted by Gasteiger charge is -2.21. The Morgan fingerprint density at radius 2 is 1.76 bits per heavy atom. The van der Waals surface area contributed by atoms with Crippen LogP contribution in [0.4, 0.5) is 11.4 Å². The van der Waals surface area contributed by atoms with Gasteiger partial charge in [0.05, 0.1) is 5.56 Å². The van der Waals surface area contributed by atoms with Crippen molar-refractivity contribution in [3.8, 4) is 11.5 Å². The maximum atomic E-state index is 12.7. The number of carbonyl (C=O) groups excluding carboxylic acids is 1. The first-order chi connectivity index (χ1) is 14.3. The zero-order valence-electron chi connectivity index (χ0n) is 16.1. The number of benzene rings is 3. The average Bonchev–Trinajstić information content (AvgIpc) is 3.17. The molecule has 0 radical (unpaired) electrons. The molecule has 3 aromatic carbocycles. The van der Waals surface area contributed by atoms with Gasteiger partial charge < -0.3 is 19.7 Å². The number of fused-ring (bicyclic) bond motifs is 2. The number of ether oxygens (including phenoxy) is 2. The van der Waals surface area contributed by atoms with Crippen LogP contribution < -0.4 is 19.7 Å². The predicted molar refractivity (Wildman–Crippen MR) is 113 cm³/mol. The first-order valence-electron chi connectivity index (χ1n) is 9.90. The third-order valence-electron chi connectivity index (χ3n) is 5.38. The molecule has 0 saturated carbocycles. The van der Waals surface area contributed by atoms with Crippen LogP contribution in [-0.2, 0) is 13.0 Å². The third-order valence-corrected chi connectivity index (χ3v) is 5.38. The summed E-state index contributed by atoms with van der Waals surface area (Å²) in [6.07, 6.45) is 1.09. The van der Waals surface area contributed by atoms with Crippen LogP contribution in [0.2, 0.25) is 0 Å². The van der Waals surface area contributed by atoms with Gasteiger partial charge in [-0.05, 0) is 47.9 Å². The molecule has 2 aliphatic rings. The molecule has 0 spiro atoms. The summed E-state index contributed by atoms with van der Waals surface area (Å²) < 4.78 is 11.2. The van der Waals surface area contributed by atoms with Crippen molar-refractivity contribution in [1.29, 1.82) is 0 Å². The minimum Gasteiger partial charge on any atom is -0.486 e. The second-order valence-electron chi connectivity index (χ2n) is 7.28. The molecule has 5 rings (SSSR count). The summed E-state index contributed by atoms with van der Waals surface area (Å²) in [6, 6.07) is 22.0. The summed E-state index contributed by atoms with van der Waals surface area (Å²) in [6.45, 7) is 2.86. The lowest BCUT2D eigenvalue weighted by molar-refractivity contribution is 0.101. The summed E-state index contributed by atoms with van der Waals surface area (Å²) in [5.41, 5.74) is 5.19. The Kier molecular flexibility index (Phi) is 4.56. The van der Waals surface area contributed by atoms with Crippen LogP contribution >= 0.6 is 0 Å². The second-order valence-corrected chi connectivity index (χ2v) is 7.28. The van der Waals surface area contributed by atoms with Crippen LogP contribution in [0.25, 0.3) is 0 Å². The van der Waals surface area contributed by atoms with Crippen LogP contribution in [0.3, 0.4) is 0 Å². The van der Waals surface area contributed by atoms with E-state index in [1.54, 1.807) is 12.1 Å². The number of anilines is 2. The minimum absolute atomic E-state index is 0.200. The van der Waals surface area contributed by atoms with Crippen LogP contribution in [0.15, 0.2) is 66.7 Å². The van der Waals surface area contributed by atoms with Crippen LogP contribution in [-0.4, -0.2) is 25.7 Å². The number of nitrogens with zero attached hydrogens (tertiary/aromatic N) is 1. The third kappa shape index (κ3) is 3.51. The fourth-order valence-electron chi connectivity index (χ4n) is 3.94. The van der Waals surface area contributed by atoms with E-state index in [9.17, 15) is 4.79 Å². The molecule has 146 valence electrons. The molecule has 0 saturated heterocycles. The van der Waals surface area contributed by atoms with Crippen molar-refractivity contribution in [2.75, 3.05) is 30.0 Å². The molecule has 1 N–H and O–H groups in total. The highest BCUT2D eigenvalue weighted by Gasteiger charge is 2.21. The Labute approximate surface area is 169 Å². The maximum absolute atomic E-state index is 12.7. The fraction of sp³-hybridized carbons (Fsp3) is 0.208. The van der Waals surface area contributed by atoms with Crippen LogP contribution in [0, 0.1) is 0 Å². The van der Waals surface area contributed by atoms with Gasteiger partial charge in [0.1, 0.15) is 13.2 Å². The Balaban J connectivity index is 1.27. The summed E-state index contributed by atoms with van der Waals surface area (Å²) in [5, 5.41) is 2.96. The minimum atomic E-state index is -0.200. The predicted octanol–water partition coefficient (Wildman–Crippen LogP) is 4.27. The SMILES string of the molecule is O=C(Nc1ccc(CN2CCc3ccccc32)cc1)c1cccc2c1OCCO2. The maximum Gasteiger partial charge on any atom is 0.259 e. The van der Waals surface area contributed by atoms with E-state index in [1.165, 1.54) is 16.8 Å². The highest BCUT2D eigenvalue weighted by atomic mass is 16.6. The van der Waals surface area contributed by atoms with Gasteiger partial charge in [-0.25, -0.2) is 0 Å². The van der Waals surface area contributed by atoms with Crippen molar-refractivity contribution in [2.24, 2.45) is 0 Å². The number of nitrogens with one attached hydrogen (secondary N) is 1. The van der Waals surface area contributed by atoms with Crippen molar-refractivity contribution in [3.63, 3.8) is 0 Å². The number of rotatable bonds is 4. The lowest BCUT2D eigenvalue weighted by atomic mass is 10.1. The van der Waals surface area contributed by atoms with E-state index in [2.05, 4.69) is 46.6 Å². The Hall–Kier alpha value is -3.47. The molecule has 2 heterocycles. The van der Waals surface area contributed by atoms with E-state index in [-0.39, 0.29) is 5.91 Å². The molecular formula is C24H22N2O3. The van der Waals surface area contributed by atoms with Gasteiger partial charge in [-0.2, -0.15) is 0 Å². The quantitative estimate of drug-likeness (QED) is 0.727. The number of carbonyl (C=O) groups is 1. The molecule has 3 aromatic rings. The van der Waals surface area contributed by atoms with Crippen molar-refractivity contribution >= 4 is 17.3 Å². The molecule has 5 nitrogen and oxygen atoms in total. The molecule has 1 amide bonds. The van der Waals surface area contributed by atoms with Crippen LogP contribution in [0.1, 0.15) is 21.5 Å². The Morgan fingerprint density at radius 3 is 2.66 bits per heavy atom. The van der Waals surface area contributed by atoms with E-state index in [0.717, 1.165) is 25.2 Å². The van der Waals surface area contributed by atoms with E-state index < -0.39 is 0 Å². The normalized spacial score (nSPS) is 14.4. The molecule has 29 heavy (non-hydrogen) atoms. The summed E-state index contributed by atoms with van der Waals surface area (Å²) in [7, 11) is 0. The van der Waals surface area contributed by atoms with E-state index in [1.807, 2.05) is 18.2 Å². The zero-order valence-corrected chi connectivity index (χ0v) is 16.1. The van der Waals surface area contributed by atoms with Gasteiger partial charge in [0.2, 0.25) is 0 Å². The van der Waals surface area contributed by atoms with Crippen molar-refractivity contribution < 1.29 is 14.3 Å². The van der Waals surface area contributed by atoms with Gasteiger partial charge in [-0.3, -0.25) is 4.79 Å². The standard InChI is InChI=1S/C24H22N2O3/c27-24(20-5-3-7-22-23(20)29-15-14-28-22)25-19-10-8-17(9-11-19)16-26-13-12-18-4-1-2-6-21(18)26/h1-11H,12-16H2,(H,25,27). The second kappa shape index (κ2) is 7.51. The van der Waals surface area contributed by atoms with Crippen molar-refractivity contribution in [2.45, 2.75) is 13.0 Å². The molecule has 0 aromatic heterocycles. The van der Waals surface area contributed by atoms with Crippen molar-refractivity contribution in [3.05, 3.63) is 83.4 Å². The molecule has 2 aliphatic heterocycles. The van der Waals surface area contributed by atoms with Gasteiger partial charge in [0, 0.05) is 24.5 Å². The Morgan fingerprint density at radius 1 is 0.931 bits per heavy atom. The monoisotopic (exact) mass is 386 g/mol. The topological polar surface area (TPSA) is 50.8 Å². The number of para-hydroxylation sites is 2. The van der Waals surface area contributed by atoms with E-state index in [0.29, 0.717) is 30.3 Å². The first kappa shape index (κ1) is 17.6. The summed E-state index contributed by atoms with van der Waals surface area (Å²) in [5.74, 6) is 0.930. The molecular weight excluding hydrogens is 364 g/mol. The largest absolute Gasteiger partial charge is 0.486 e. The first-order valence-corrected chi connectivity index (χ1v) is 9.90. The van der Waals surface area contributed by atoms with Gasteiger partial charge in [0.25, 0.3) is 5.91 Å². The molecule has 5 heteroatoms. The zero-order chi connectivity index (χ0) is 19.6. The molecule has 0 fully saturated rings. The van der Waals surface area contributed by atoms with Gasteiger partial charge in [-0.15, -0.1) is 0 Å². The fourth-order valence-corrected chi connectivity index (χ4v) is 3.94. The van der Waals surface area contributed by atoms with Gasteiger partial charge >= 0.3 is 0 Å². The van der Waals surface area contributed by atoms with E-state index >= 15 is 0 Å². The van der Waals surface area contributed by atoms with E-state index in [4.69, 9.17) is 9.47 Å². The number of hydrogen-bond acceptors (Lipinski definition) is 4. The van der Waals surface area contributed by atoms with Crippen molar-refractivity contribution in [1.82, 2.24) is 0 Å². The number of amides is 1. The lowest BCUT2D eigenvalue weighted by Crippen LogP contribution is -2.20. The molecule has 0 unspecified atom stereocenters. The molecule has 0 atom stereocenters. The summed E-state index contributed by atoms with van der Waals surface area (Å²) >= 11 is 0. The average molecular weight is 386 g/mol. The number of hydrogen-bond donors (Lipinski definition) is 1. The Bertz CT molecular complexity index is 1050. The highest BCUT2D eigenvalue weighted by Crippen LogP contribution is 2.34. The molecule has 0 bridgehead atoms.